The number of rotatable bonds is 4. The van der Waals surface area contributed by atoms with Crippen LogP contribution in [0.4, 0.5) is 0 Å². The highest BCUT2D eigenvalue weighted by Gasteiger charge is 2.53. The Morgan fingerprint density at radius 1 is 1.22 bits per heavy atom. The van der Waals surface area contributed by atoms with Crippen LogP contribution < -0.4 is 0 Å². The zero-order valence-electron chi connectivity index (χ0n) is 11.8. The number of sulfone groups is 1. The number of allylic oxidation sites excluding steroid dienone is 1. The minimum Gasteiger partial charge on any atom is -0.302 e. The lowest BCUT2D eigenvalue weighted by Crippen LogP contribution is -2.45. The Labute approximate surface area is 111 Å². The highest BCUT2D eigenvalue weighted by atomic mass is 32.2. The van der Waals surface area contributed by atoms with E-state index in [0.717, 1.165) is 45.3 Å². The molecular weight excluding hydrogens is 246 g/mol. The predicted octanol–water partition coefficient (Wildman–Crippen LogP) is 2.24. The highest BCUT2D eigenvalue weighted by Crippen LogP contribution is 2.45. The molecule has 0 atom stereocenters. The molecule has 104 valence electrons. The third-order valence-electron chi connectivity index (χ3n) is 5.10. The number of hydrogen-bond acceptors (Lipinski definition) is 3. The van der Waals surface area contributed by atoms with Crippen molar-refractivity contribution in [1.82, 2.24) is 4.90 Å². The smallest absolute Gasteiger partial charge is 0.154 e. The Kier molecular flexibility index (Phi) is 3.39. The van der Waals surface area contributed by atoms with E-state index in [4.69, 9.17) is 0 Å². The van der Waals surface area contributed by atoms with Crippen LogP contribution in [0.15, 0.2) is 12.2 Å². The molecule has 1 heterocycles. The summed E-state index contributed by atoms with van der Waals surface area (Å²) >= 11 is 0. The fourth-order valence-corrected chi connectivity index (χ4v) is 4.09. The first-order valence-electron chi connectivity index (χ1n) is 6.77. The maximum Gasteiger partial charge on any atom is 0.154 e. The van der Waals surface area contributed by atoms with Gasteiger partial charge in [0, 0.05) is 12.8 Å². The van der Waals surface area contributed by atoms with Crippen LogP contribution >= 0.6 is 0 Å². The van der Waals surface area contributed by atoms with Crippen molar-refractivity contribution in [3.8, 4) is 0 Å². The highest BCUT2D eigenvalue weighted by molar-refractivity contribution is 7.92. The van der Waals surface area contributed by atoms with E-state index in [1.54, 1.807) is 0 Å². The monoisotopic (exact) mass is 271 g/mol. The van der Waals surface area contributed by atoms with Gasteiger partial charge in [-0.15, -0.1) is 0 Å². The lowest BCUT2D eigenvalue weighted by molar-refractivity contribution is 0.142. The van der Waals surface area contributed by atoms with Crippen molar-refractivity contribution < 1.29 is 8.42 Å². The van der Waals surface area contributed by atoms with E-state index in [-0.39, 0.29) is 5.41 Å². The molecule has 3 nitrogen and oxygen atoms in total. The summed E-state index contributed by atoms with van der Waals surface area (Å²) in [5, 5.41) is 0. The van der Waals surface area contributed by atoms with Crippen LogP contribution in [0.25, 0.3) is 0 Å². The molecule has 0 aromatic heterocycles. The molecule has 2 aliphatic rings. The van der Waals surface area contributed by atoms with Crippen molar-refractivity contribution in [2.24, 2.45) is 5.41 Å². The van der Waals surface area contributed by atoms with Crippen molar-refractivity contribution in [2.75, 3.05) is 25.9 Å². The van der Waals surface area contributed by atoms with Gasteiger partial charge in [-0.25, -0.2) is 8.42 Å². The fourth-order valence-electron chi connectivity index (χ4n) is 2.82. The molecule has 0 spiro atoms. The van der Waals surface area contributed by atoms with E-state index in [1.165, 1.54) is 11.8 Å². The van der Waals surface area contributed by atoms with Gasteiger partial charge >= 0.3 is 0 Å². The second-order valence-electron chi connectivity index (χ2n) is 6.57. The number of piperidine rings is 1. The second kappa shape index (κ2) is 4.34. The molecule has 2 fully saturated rings. The lowest BCUT2D eigenvalue weighted by Gasteiger charge is -2.41. The van der Waals surface area contributed by atoms with Gasteiger partial charge in [-0.2, -0.15) is 0 Å². The third kappa shape index (κ3) is 2.50. The molecule has 0 bridgehead atoms. The molecule has 0 aromatic rings. The molecule has 0 radical (unpaired) electrons. The standard InChI is InChI=1S/C14H25NO2S/c1-12(2)13(3)7-9-15(10-8-13)11-14(5-6-14)18(4,16)17/h1,5-11H2,2-4H3. The van der Waals surface area contributed by atoms with Gasteiger partial charge < -0.3 is 4.90 Å². The maximum absolute atomic E-state index is 11.8. The minimum absolute atomic E-state index is 0.248. The first-order valence-corrected chi connectivity index (χ1v) is 8.66. The van der Waals surface area contributed by atoms with Gasteiger partial charge in [-0.3, -0.25) is 0 Å². The van der Waals surface area contributed by atoms with Crippen molar-refractivity contribution in [2.45, 2.75) is 44.3 Å². The maximum atomic E-state index is 11.8. The van der Waals surface area contributed by atoms with Crippen LogP contribution in [0.5, 0.6) is 0 Å². The van der Waals surface area contributed by atoms with Crippen LogP contribution in [-0.2, 0) is 9.84 Å². The summed E-state index contributed by atoms with van der Waals surface area (Å²) in [5.41, 5.74) is 1.50. The van der Waals surface area contributed by atoms with E-state index in [0.29, 0.717) is 0 Å². The molecule has 0 amide bonds. The van der Waals surface area contributed by atoms with E-state index in [2.05, 4.69) is 25.3 Å². The summed E-state index contributed by atoms with van der Waals surface area (Å²) in [6.45, 7) is 11.2. The quantitative estimate of drug-likeness (QED) is 0.736. The molecular formula is C14H25NO2S. The summed E-state index contributed by atoms with van der Waals surface area (Å²) in [7, 11) is -2.89. The zero-order valence-corrected chi connectivity index (χ0v) is 12.6. The molecule has 2 rings (SSSR count). The van der Waals surface area contributed by atoms with Gasteiger partial charge in [0.25, 0.3) is 0 Å². The average Bonchev–Trinajstić information content (AvgIpc) is 3.02. The van der Waals surface area contributed by atoms with Gasteiger partial charge in [0.2, 0.25) is 0 Å². The third-order valence-corrected chi connectivity index (χ3v) is 7.21. The summed E-state index contributed by atoms with van der Waals surface area (Å²) in [4.78, 5) is 2.33. The Morgan fingerprint density at radius 3 is 2.06 bits per heavy atom. The number of likely N-dealkylation sites (tertiary alicyclic amines) is 1. The predicted molar refractivity (Wildman–Crippen MR) is 75.4 cm³/mol. The molecule has 0 unspecified atom stereocenters. The molecule has 0 N–H and O–H groups in total. The fraction of sp³-hybridized carbons (Fsp3) is 0.857. The lowest BCUT2D eigenvalue weighted by atomic mass is 9.75. The van der Waals surface area contributed by atoms with E-state index < -0.39 is 14.6 Å². The van der Waals surface area contributed by atoms with Crippen LogP contribution in [-0.4, -0.2) is 44.0 Å². The van der Waals surface area contributed by atoms with Crippen LogP contribution in [0, 0.1) is 5.41 Å². The summed E-state index contributed by atoms with van der Waals surface area (Å²) in [5.74, 6) is 0. The molecule has 1 saturated carbocycles. The molecule has 1 aliphatic heterocycles. The van der Waals surface area contributed by atoms with Crippen LogP contribution in [0.1, 0.15) is 39.5 Å². The van der Waals surface area contributed by atoms with E-state index in [9.17, 15) is 8.42 Å². The Balaban J connectivity index is 1.94. The largest absolute Gasteiger partial charge is 0.302 e. The van der Waals surface area contributed by atoms with Gasteiger partial charge in [-0.1, -0.05) is 19.1 Å². The molecule has 0 aromatic carbocycles. The van der Waals surface area contributed by atoms with E-state index >= 15 is 0 Å². The van der Waals surface area contributed by atoms with Gasteiger partial charge in [0.05, 0.1) is 4.75 Å². The topological polar surface area (TPSA) is 37.4 Å². The Hall–Kier alpha value is -0.350. The summed E-state index contributed by atoms with van der Waals surface area (Å²) < 4.78 is 23.2. The van der Waals surface area contributed by atoms with Crippen molar-refractivity contribution in [3.63, 3.8) is 0 Å². The van der Waals surface area contributed by atoms with Crippen molar-refractivity contribution >= 4 is 9.84 Å². The van der Waals surface area contributed by atoms with Crippen molar-refractivity contribution in [1.29, 1.82) is 0 Å². The van der Waals surface area contributed by atoms with E-state index in [1.807, 2.05) is 0 Å². The normalized spacial score (nSPS) is 26.8. The molecule has 1 saturated heterocycles. The van der Waals surface area contributed by atoms with Crippen molar-refractivity contribution in [3.05, 3.63) is 12.2 Å². The minimum atomic E-state index is -2.89. The van der Waals surface area contributed by atoms with Crippen LogP contribution in [0.3, 0.4) is 0 Å². The summed E-state index contributed by atoms with van der Waals surface area (Å²) in [6, 6.07) is 0. The Bertz CT molecular complexity index is 440. The molecule has 18 heavy (non-hydrogen) atoms. The van der Waals surface area contributed by atoms with Gasteiger partial charge in [-0.05, 0) is 51.1 Å². The zero-order chi connectivity index (χ0) is 13.6. The molecule has 1 aliphatic carbocycles. The van der Waals surface area contributed by atoms with Crippen LogP contribution in [0.2, 0.25) is 0 Å². The first kappa shape index (κ1) is 14.1. The SMILES string of the molecule is C=C(C)C1(C)CCN(CC2(S(C)(=O)=O)CC2)CC1. The van der Waals surface area contributed by atoms with Gasteiger partial charge in [0.15, 0.2) is 9.84 Å². The molecule has 4 heteroatoms. The number of nitrogens with zero attached hydrogens (tertiary/aromatic N) is 1. The van der Waals surface area contributed by atoms with Gasteiger partial charge in [0.1, 0.15) is 0 Å². The second-order valence-corrected chi connectivity index (χ2v) is 8.98. The first-order chi connectivity index (χ1) is 8.19. The average molecular weight is 271 g/mol. The number of hydrogen-bond donors (Lipinski definition) is 0. The Morgan fingerprint density at radius 2 is 1.72 bits per heavy atom. The summed E-state index contributed by atoms with van der Waals surface area (Å²) in [6.07, 6.45) is 5.28.